The number of hydrogen-bond donors (Lipinski definition) is 6. The van der Waals surface area contributed by atoms with E-state index in [9.17, 15) is 24.3 Å². The number of rotatable bonds is 28. The number of imide groups is 1. The van der Waals surface area contributed by atoms with Crippen LogP contribution in [0, 0.1) is 5.92 Å². The fraction of sp³-hybridized carbons (Fsp3) is 0.857. The number of amides is 2. The van der Waals surface area contributed by atoms with Crippen molar-refractivity contribution in [2.75, 3.05) is 13.1 Å². The molecule has 0 saturated heterocycles. The number of carboxylic acid groups (broad SMARTS) is 2. The number of Topliss-reactive ketones (excluding diaryl/α,β-unsaturated/α-hetero) is 1. The van der Waals surface area contributed by atoms with Crippen LogP contribution in [0.2, 0.25) is 0 Å². The summed E-state index contributed by atoms with van der Waals surface area (Å²) in [5.74, 6) is -5.18. The van der Waals surface area contributed by atoms with E-state index in [0.717, 1.165) is 32.6 Å². The van der Waals surface area contributed by atoms with Gasteiger partial charge < -0.3 is 33.1 Å². The molecule has 0 aromatic heterocycles. The molecule has 3 unspecified atom stereocenters. The Labute approximate surface area is 284 Å². The number of unbranched alkanes of at least 4 members (excludes halogenated alkanes) is 14. The Balaban J connectivity index is 0. The Morgan fingerprint density at radius 1 is 0.660 bits per heavy atom. The largest absolute Gasteiger partial charge is 0.481 e. The lowest BCUT2D eigenvalue weighted by Gasteiger charge is -2.41. The van der Waals surface area contributed by atoms with Crippen molar-refractivity contribution in [3.05, 3.63) is 0 Å². The van der Waals surface area contributed by atoms with E-state index in [1.807, 2.05) is 0 Å². The van der Waals surface area contributed by atoms with Gasteiger partial charge in [-0.15, -0.1) is 0 Å². The van der Waals surface area contributed by atoms with Crippen molar-refractivity contribution < 1.29 is 34.2 Å². The monoisotopic (exact) mass is 672 g/mol. The van der Waals surface area contributed by atoms with Gasteiger partial charge in [0.2, 0.25) is 17.4 Å². The molecule has 3 atom stereocenters. The summed E-state index contributed by atoms with van der Waals surface area (Å²) in [6.45, 7) is 7.43. The first kappa shape index (κ1) is 46.7. The Morgan fingerprint density at radius 2 is 1.09 bits per heavy atom. The Hall–Kier alpha value is -2.41. The highest BCUT2D eigenvalue weighted by molar-refractivity contribution is 6.16. The van der Waals surface area contributed by atoms with Crippen LogP contribution in [0.3, 0.4) is 0 Å². The van der Waals surface area contributed by atoms with Crippen molar-refractivity contribution in [1.29, 1.82) is 0 Å². The van der Waals surface area contributed by atoms with E-state index in [-0.39, 0.29) is 38.1 Å². The second-order valence-corrected chi connectivity index (χ2v) is 13.0. The van der Waals surface area contributed by atoms with Crippen LogP contribution in [-0.4, -0.2) is 75.4 Å². The van der Waals surface area contributed by atoms with Crippen molar-refractivity contribution in [3.8, 4) is 0 Å². The Morgan fingerprint density at radius 3 is 1.49 bits per heavy atom. The van der Waals surface area contributed by atoms with Crippen LogP contribution in [0.15, 0.2) is 0 Å². The third-order valence-corrected chi connectivity index (χ3v) is 8.43. The molecule has 0 saturated carbocycles. The molecule has 12 heteroatoms. The average molecular weight is 672 g/mol. The number of carbonyl (C=O) groups excluding carboxylic acids is 3. The predicted molar refractivity (Wildman–Crippen MR) is 187 cm³/mol. The van der Waals surface area contributed by atoms with Gasteiger partial charge >= 0.3 is 5.97 Å². The molecule has 276 valence electrons. The van der Waals surface area contributed by atoms with Gasteiger partial charge in [0.05, 0.1) is 12.1 Å². The lowest BCUT2D eigenvalue weighted by molar-refractivity contribution is -0.173. The van der Waals surface area contributed by atoms with E-state index in [1.54, 1.807) is 13.8 Å². The highest BCUT2D eigenvalue weighted by Gasteiger charge is 2.56. The van der Waals surface area contributed by atoms with Crippen molar-refractivity contribution in [1.82, 2.24) is 4.90 Å². The first-order valence-corrected chi connectivity index (χ1v) is 18.0. The molecule has 0 spiro atoms. The second-order valence-electron chi connectivity index (χ2n) is 13.0. The topological polar surface area (TPSA) is 233 Å². The van der Waals surface area contributed by atoms with Gasteiger partial charge in [0.1, 0.15) is 0 Å². The molecule has 0 bridgehead atoms. The molecule has 10 N–H and O–H groups in total. The zero-order valence-electron chi connectivity index (χ0n) is 30.0. The summed E-state index contributed by atoms with van der Waals surface area (Å²) in [6, 6.07) is -2.33. The number of aliphatic carboxylic acids is 2. The fourth-order valence-electron chi connectivity index (χ4n) is 5.45. The van der Waals surface area contributed by atoms with Crippen molar-refractivity contribution in [3.63, 3.8) is 0 Å². The van der Waals surface area contributed by atoms with Crippen LogP contribution in [-0.2, 0) is 24.0 Å². The van der Waals surface area contributed by atoms with E-state index in [4.69, 9.17) is 32.8 Å². The number of carbonyl (C=O) groups is 5. The van der Waals surface area contributed by atoms with Gasteiger partial charge in [0.25, 0.3) is 5.97 Å². The zero-order chi connectivity index (χ0) is 36.3. The summed E-state index contributed by atoms with van der Waals surface area (Å²) >= 11 is 0. The number of nitrogens with zero attached hydrogens (tertiary/aromatic N) is 1. The summed E-state index contributed by atoms with van der Waals surface area (Å²) in [4.78, 5) is 63.9. The maximum atomic E-state index is 13.9. The fourth-order valence-corrected chi connectivity index (χ4v) is 5.45. The first-order valence-electron chi connectivity index (χ1n) is 18.0. The molecule has 47 heavy (non-hydrogen) atoms. The summed E-state index contributed by atoms with van der Waals surface area (Å²) in [7, 11) is 0. The van der Waals surface area contributed by atoms with Crippen LogP contribution in [0.4, 0.5) is 0 Å². The van der Waals surface area contributed by atoms with Crippen LogP contribution in [0.1, 0.15) is 156 Å². The first-order chi connectivity index (χ1) is 22.3. The molecule has 12 nitrogen and oxygen atoms in total. The molecule has 0 aliphatic carbocycles. The van der Waals surface area contributed by atoms with Crippen molar-refractivity contribution >= 4 is 29.5 Å². The molecular formula is C35H69N5O7. The third-order valence-electron chi connectivity index (χ3n) is 8.43. The van der Waals surface area contributed by atoms with Gasteiger partial charge in [-0.2, -0.15) is 0 Å². The number of carboxylic acids is 2. The minimum Gasteiger partial charge on any atom is -0.481 e. The summed E-state index contributed by atoms with van der Waals surface area (Å²) in [5.41, 5.74) is 21.2. The molecule has 0 aliphatic rings. The molecule has 0 aliphatic heterocycles. The van der Waals surface area contributed by atoms with Crippen LogP contribution in [0.25, 0.3) is 0 Å². The highest BCUT2D eigenvalue weighted by atomic mass is 16.4. The Kier molecular flexibility index (Phi) is 28.4. The maximum Gasteiger partial charge on any atom is 0.337 e. The lowest BCUT2D eigenvalue weighted by Crippen LogP contribution is -2.69. The Bertz CT molecular complexity index is 882. The third kappa shape index (κ3) is 19.9. The van der Waals surface area contributed by atoms with E-state index in [0.29, 0.717) is 37.1 Å². The minimum absolute atomic E-state index is 0.0525. The number of ketones is 1. The minimum atomic E-state index is -2.38. The van der Waals surface area contributed by atoms with Crippen LogP contribution in [0.5, 0.6) is 0 Å². The van der Waals surface area contributed by atoms with Gasteiger partial charge in [0.15, 0.2) is 5.78 Å². The molecule has 0 radical (unpaired) electrons. The molecular weight excluding hydrogens is 602 g/mol. The summed E-state index contributed by atoms with van der Waals surface area (Å²) in [6.07, 6.45) is 16.5. The van der Waals surface area contributed by atoms with E-state index >= 15 is 0 Å². The molecule has 2 amide bonds. The second kappa shape index (κ2) is 28.6. The number of nitrogens with two attached hydrogens (primary N) is 4. The van der Waals surface area contributed by atoms with E-state index < -0.39 is 47.2 Å². The van der Waals surface area contributed by atoms with Gasteiger partial charge in [-0.05, 0) is 57.5 Å². The average Bonchev–Trinajstić information content (AvgIpc) is 3.01. The molecule has 0 aromatic carbocycles. The zero-order valence-corrected chi connectivity index (χ0v) is 30.0. The standard InChI is InChI=1S/C33H65N5O5.C2H4O2/c1-4-5-6-7-8-9-10-11-12-13-14-15-16-22-28(39)33(32(42)43,23-18-20-25-35)38(31(41)29(37)26(2)3)30(40)27(36)21-17-19-24-34;1-2(3)4/h26-27,29H,4-25,34-37H2,1-3H3,(H,42,43);1H3,(H,3,4). The lowest BCUT2D eigenvalue weighted by atomic mass is 9.81. The van der Waals surface area contributed by atoms with Gasteiger partial charge in [-0.1, -0.05) is 104 Å². The molecule has 0 fully saturated rings. The van der Waals surface area contributed by atoms with Crippen LogP contribution < -0.4 is 22.9 Å². The molecule has 0 rings (SSSR count). The number of hydrogen-bond acceptors (Lipinski definition) is 9. The van der Waals surface area contributed by atoms with Crippen molar-refractivity contribution in [2.24, 2.45) is 28.9 Å². The highest BCUT2D eigenvalue weighted by Crippen LogP contribution is 2.30. The van der Waals surface area contributed by atoms with Gasteiger partial charge in [-0.25, -0.2) is 4.79 Å². The molecule has 0 aromatic rings. The van der Waals surface area contributed by atoms with Crippen LogP contribution >= 0.6 is 0 Å². The van der Waals surface area contributed by atoms with Gasteiger partial charge in [0, 0.05) is 13.3 Å². The molecule has 0 heterocycles. The maximum absolute atomic E-state index is 13.9. The quantitative estimate of drug-likeness (QED) is 0.0485. The normalized spacial score (nSPS) is 13.6. The van der Waals surface area contributed by atoms with E-state index in [2.05, 4.69) is 6.92 Å². The smallest absolute Gasteiger partial charge is 0.337 e. The van der Waals surface area contributed by atoms with E-state index in [1.165, 1.54) is 51.4 Å². The summed E-state index contributed by atoms with van der Waals surface area (Å²) in [5, 5.41) is 18.0. The van der Waals surface area contributed by atoms with Crippen molar-refractivity contribution in [2.45, 2.75) is 174 Å². The van der Waals surface area contributed by atoms with Gasteiger partial charge in [-0.3, -0.25) is 24.1 Å². The SMILES string of the molecule is CC(=O)O.CCCCCCCCCCCCCCCC(=O)C(CCCCN)(C(=O)O)N(C(=O)C(N)CCCCN)C(=O)C(N)C(C)C. The predicted octanol–water partition coefficient (Wildman–Crippen LogP) is 4.87. The summed E-state index contributed by atoms with van der Waals surface area (Å²) < 4.78 is 0.